The highest BCUT2D eigenvalue weighted by molar-refractivity contribution is 6.15. The minimum absolute atomic E-state index is 0.613. The molecule has 0 radical (unpaired) electrons. The van der Waals surface area contributed by atoms with Crippen LogP contribution in [0.2, 0.25) is 0 Å². The molecule has 0 amide bonds. The molecular weight excluding hydrogens is 1670 g/mol. The molecule has 642 valence electrons. The third kappa shape index (κ3) is 11.7. The summed E-state index contributed by atoms with van der Waals surface area (Å²) in [6, 6.07) is 196. The van der Waals surface area contributed by atoms with Crippen LogP contribution in [-0.4, -0.2) is 9.13 Å². The van der Waals surface area contributed by atoms with E-state index in [2.05, 4.69) is 541 Å². The van der Waals surface area contributed by atoms with Crippen molar-refractivity contribution < 1.29 is 0 Å². The maximum absolute atomic E-state index is 2.54. The van der Waals surface area contributed by atoms with Gasteiger partial charge in [-0.1, -0.05) is 425 Å². The van der Waals surface area contributed by atoms with E-state index in [1.54, 1.807) is 0 Å². The second-order valence-corrected chi connectivity index (χ2v) is 37.1. The lowest BCUT2D eigenvalue weighted by Crippen LogP contribution is -2.33. The van der Waals surface area contributed by atoms with Gasteiger partial charge in [-0.15, -0.1) is 0 Å². The van der Waals surface area contributed by atoms with Gasteiger partial charge in [-0.05, 0) is 236 Å². The van der Waals surface area contributed by atoms with Crippen LogP contribution in [0.5, 0.6) is 0 Å². The van der Waals surface area contributed by atoms with Gasteiger partial charge < -0.3 is 18.9 Å². The van der Waals surface area contributed by atoms with Gasteiger partial charge >= 0.3 is 0 Å². The van der Waals surface area contributed by atoms with E-state index in [-0.39, 0.29) is 0 Å². The third-order valence-electron chi connectivity index (χ3n) is 30.1. The Balaban J connectivity index is 0.520. The quantitative estimate of drug-likeness (QED) is 0.102. The van der Waals surface area contributed by atoms with Gasteiger partial charge in [-0.2, -0.15) is 0 Å². The lowest BCUT2D eigenvalue weighted by molar-refractivity contribution is 0.749. The van der Waals surface area contributed by atoms with Crippen molar-refractivity contribution in [3.63, 3.8) is 0 Å². The van der Waals surface area contributed by atoms with Crippen LogP contribution in [0, 0.1) is 0 Å². The van der Waals surface area contributed by atoms with Gasteiger partial charge in [-0.25, -0.2) is 0 Å². The minimum atomic E-state index is -0.621. The second kappa shape index (κ2) is 31.3. The van der Waals surface area contributed by atoms with Crippen LogP contribution in [0.4, 0.5) is 34.1 Å². The molecule has 4 heteroatoms. The molecule has 2 spiro atoms. The Bertz CT molecular complexity index is 9110. The Hall–Kier alpha value is -18.0. The predicted molar refractivity (Wildman–Crippen MR) is 575 cm³/mol. The molecule has 28 rings (SSSR count). The van der Waals surface area contributed by atoms with Crippen molar-refractivity contribution in [1.82, 2.24) is 9.13 Å². The Morgan fingerprint density at radius 3 is 0.841 bits per heavy atom. The topological polar surface area (TPSA) is 16.3 Å². The Morgan fingerprint density at radius 1 is 0.145 bits per heavy atom. The van der Waals surface area contributed by atoms with Crippen LogP contribution in [0.15, 0.2) is 522 Å². The number of aromatic nitrogens is 2. The molecule has 2 unspecified atom stereocenters. The maximum atomic E-state index is 2.54. The Morgan fingerprint density at radius 2 is 0.406 bits per heavy atom. The van der Waals surface area contributed by atoms with E-state index >= 15 is 0 Å². The van der Waals surface area contributed by atoms with Gasteiger partial charge in [0.05, 0.1) is 72.7 Å². The summed E-state index contributed by atoms with van der Waals surface area (Å²) in [7, 11) is 0. The number of hydrogen-bond acceptors (Lipinski definition) is 2. The summed E-state index contributed by atoms with van der Waals surface area (Å²) in [6.07, 6.45) is 0. The number of rotatable bonds is 15. The van der Waals surface area contributed by atoms with E-state index in [0.717, 1.165) is 129 Å². The summed E-state index contributed by atoms with van der Waals surface area (Å²) >= 11 is 0. The molecule has 2 atom stereocenters. The molecule has 4 heterocycles. The molecule has 0 fully saturated rings. The first kappa shape index (κ1) is 78.7. The molecule has 24 aromatic rings. The smallest absolute Gasteiger partial charge is 0.0754 e. The fourth-order valence-electron chi connectivity index (χ4n) is 24.3. The zero-order chi connectivity index (χ0) is 90.7. The van der Waals surface area contributed by atoms with Crippen molar-refractivity contribution in [2.75, 3.05) is 9.80 Å². The molecular formula is C134H86N4. The molecule has 2 aromatic heterocycles. The number of fused-ring (bicyclic) bond motifs is 24. The van der Waals surface area contributed by atoms with Crippen LogP contribution in [0.25, 0.3) is 177 Å². The summed E-state index contributed by atoms with van der Waals surface area (Å²) in [4.78, 5) is 5.03. The second-order valence-electron chi connectivity index (χ2n) is 37.1. The standard InChI is InChI=1S/C134H86N4/c1-3-34-87(35-4-1)88-74-78-100(79-75-88)135(123-62-21-11-47-104(123)98-76-80-108-106-49-7-16-55-114(106)133(120(108)85-98)116-57-18-27-68-129(116)137-127-66-25-14-51-110(127)112-53-32-59-118(133)131(112)137)122-61-20-10-45-102(122)96-42-30-39-93(83-96)90-72-70-89(71-73-90)92-38-29-40-94(82-92)95-41-31-43-97(84-95)103-46-12-23-64-125(103)136(124-63-22-9-44-101(124)91-36-5-2-6-37-91)126-65-24-13-48-105(126)99-77-81-109-107-50-8-17-56-115(107)134(121(109)86-99)117-58-19-28-69-130(117)138-128-67-26-15-52-111(128)113-54-33-60-119(134)132(113)138/h1-86H. The van der Waals surface area contributed by atoms with Gasteiger partial charge in [0.25, 0.3) is 0 Å². The fraction of sp³-hybridized carbons (Fsp3) is 0.0149. The van der Waals surface area contributed by atoms with Gasteiger partial charge in [0.1, 0.15) is 0 Å². The average Bonchev–Trinajstić information content (AvgIpc) is 1.50. The van der Waals surface area contributed by atoms with Crippen LogP contribution in [0.1, 0.15) is 44.5 Å². The number of hydrogen-bond donors (Lipinski definition) is 0. The minimum Gasteiger partial charge on any atom is -0.309 e. The highest BCUT2D eigenvalue weighted by Gasteiger charge is 2.53. The molecule has 4 aliphatic rings. The van der Waals surface area contributed by atoms with E-state index in [0.29, 0.717) is 0 Å². The lowest BCUT2D eigenvalue weighted by atomic mass is 9.65. The molecule has 0 N–H and O–H groups in total. The first-order valence-electron chi connectivity index (χ1n) is 47.9. The van der Waals surface area contributed by atoms with E-state index < -0.39 is 10.8 Å². The summed E-state index contributed by atoms with van der Waals surface area (Å²) in [5.74, 6) is 0. The lowest BCUT2D eigenvalue weighted by Gasteiger charge is -2.39. The van der Waals surface area contributed by atoms with Gasteiger partial charge in [0.15, 0.2) is 0 Å². The van der Waals surface area contributed by atoms with Crippen molar-refractivity contribution >= 4 is 77.7 Å². The van der Waals surface area contributed by atoms with Gasteiger partial charge in [0.2, 0.25) is 0 Å². The first-order valence-corrected chi connectivity index (χ1v) is 47.9. The zero-order valence-corrected chi connectivity index (χ0v) is 75.4. The van der Waals surface area contributed by atoms with Crippen molar-refractivity contribution in [1.29, 1.82) is 0 Å². The highest BCUT2D eigenvalue weighted by atomic mass is 15.2. The van der Waals surface area contributed by atoms with Crippen LogP contribution in [-0.2, 0) is 10.8 Å². The number of para-hydroxylation sites is 11. The summed E-state index contributed by atoms with van der Waals surface area (Å²) < 4.78 is 5.07. The predicted octanol–water partition coefficient (Wildman–Crippen LogP) is 35.2. The molecule has 22 aromatic carbocycles. The monoisotopic (exact) mass is 1750 g/mol. The highest BCUT2D eigenvalue weighted by Crippen LogP contribution is 2.65. The number of nitrogens with zero attached hydrogens (tertiary/aromatic N) is 4. The van der Waals surface area contributed by atoms with Crippen molar-refractivity contribution in [3.05, 3.63) is 566 Å². The number of benzene rings is 22. The molecule has 138 heavy (non-hydrogen) atoms. The van der Waals surface area contributed by atoms with Crippen molar-refractivity contribution in [3.8, 4) is 134 Å². The normalized spacial score (nSPS) is 14.3. The fourth-order valence-corrected chi connectivity index (χ4v) is 24.3. The SMILES string of the molecule is c1ccc(-c2ccc(N(c3ccccc3-c3cccc(-c4ccc(-c5cccc(-c6cccc(-c7ccccc7N(c7ccccc7-c7ccccc7)c7ccccc7-c7ccc8c(c7)C7(c9ccccc9-8)c8ccccc8-n8c9ccccc9c9cccc7c98)c6)c5)cc4)c3)c3ccccc3-c3ccc4c(c3)C3(c5ccccc5-4)c4ccccc4-n4c5ccccc5c5cccc3c54)cc2)cc1. The molecule has 0 saturated carbocycles. The molecule has 4 nitrogen and oxygen atoms in total. The molecule has 2 aliphatic carbocycles. The van der Waals surface area contributed by atoms with Crippen LogP contribution < -0.4 is 9.80 Å². The molecule has 0 saturated heterocycles. The van der Waals surface area contributed by atoms with E-state index in [4.69, 9.17) is 0 Å². The van der Waals surface area contributed by atoms with Crippen molar-refractivity contribution in [2.24, 2.45) is 0 Å². The molecule has 0 bridgehead atoms. The molecule has 2 aliphatic heterocycles. The van der Waals surface area contributed by atoms with Crippen LogP contribution >= 0.6 is 0 Å². The van der Waals surface area contributed by atoms with Gasteiger partial charge in [-0.3, -0.25) is 0 Å². The van der Waals surface area contributed by atoms with E-state index in [1.165, 1.54) is 127 Å². The average molecular weight is 1750 g/mol. The van der Waals surface area contributed by atoms with E-state index in [9.17, 15) is 0 Å². The maximum Gasteiger partial charge on any atom is 0.0754 e. The van der Waals surface area contributed by atoms with Crippen LogP contribution in [0.3, 0.4) is 0 Å². The van der Waals surface area contributed by atoms with Crippen molar-refractivity contribution in [2.45, 2.75) is 10.8 Å². The first-order chi connectivity index (χ1) is 68.5. The number of anilines is 6. The summed E-state index contributed by atoms with van der Waals surface area (Å²) in [6.45, 7) is 0. The largest absolute Gasteiger partial charge is 0.309 e. The summed E-state index contributed by atoms with van der Waals surface area (Å²) in [5.41, 5.74) is 48.4. The Kier molecular flexibility index (Phi) is 17.9. The van der Waals surface area contributed by atoms with Gasteiger partial charge in [0, 0.05) is 55.0 Å². The summed E-state index contributed by atoms with van der Waals surface area (Å²) in [5, 5.41) is 5.06. The Labute approximate surface area is 801 Å². The zero-order valence-electron chi connectivity index (χ0n) is 75.4. The van der Waals surface area contributed by atoms with E-state index in [1.807, 2.05) is 0 Å². The third-order valence-corrected chi connectivity index (χ3v) is 30.1.